The van der Waals surface area contributed by atoms with E-state index in [4.69, 9.17) is 4.74 Å². The molecular weight excluding hydrogens is 374 g/mol. The van der Waals surface area contributed by atoms with Gasteiger partial charge in [0.15, 0.2) is 0 Å². The second-order valence-electron chi connectivity index (χ2n) is 7.94. The maximum atomic E-state index is 12.6. The summed E-state index contributed by atoms with van der Waals surface area (Å²) in [4.78, 5) is 25.0. The molecule has 4 unspecified atom stereocenters. The summed E-state index contributed by atoms with van der Waals surface area (Å²) in [6.45, 7) is 1.69. The van der Waals surface area contributed by atoms with E-state index in [9.17, 15) is 9.59 Å². The molecule has 0 aromatic heterocycles. The molecule has 152 valence electrons. The molecule has 1 aliphatic carbocycles. The van der Waals surface area contributed by atoms with E-state index in [0.29, 0.717) is 10.8 Å². The first-order valence-corrected chi connectivity index (χ1v) is 11.4. The summed E-state index contributed by atoms with van der Waals surface area (Å²) in [6, 6.07) is 9.55. The normalized spacial score (nSPS) is 30.9. The minimum Gasteiger partial charge on any atom is -0.381 e. The fourth-order valence-electron chi connectivity index (χ4n) is 4.40. The summed E-state index contributed by atoms with van der Waals surface area (Å²) in [5.41, 5.74) is 0.685. The molecule has 3 fully saturated rings. The van der Waals surface area contributed by atoms with Crippen LogP contribution in [0.3, 0.4) is 0 Å². The number of hydrogen-bond acceptors (Lipinski definition) is 5. The second-order valence-corrected chi connectivity index (χ2v) is 9.27. The van der Waals surface area contributed by atoms with E-state index in [1.165, 1.54) is 0 Å². The number of rotatable bonds is 5. The first kappa shape index (κ1) is 19.7. The second kappa shape index (κ2) is 9.29. The van der Waals surface area contributed by atoms with E-state index in [-0.39, 0.29) is 36.0 Å². The standard InChI is InChI=1S/C21H29N3O3S/c25-20(14-4-2-1-3-5-14)22-15-6-7-17-18(12-15)23-19(24-21(17)26)13-28-16-8-10-27-11-9-16/h1-5,15-19,23H,6-13H2,(H,22,25)(H,24,26). The molecule has 28 heavy (non-hydrogen) atoms. The number of nitrogens with one attached hydrogen (secondary N) is 3. The van der Waals surface area contributed by atoms with Crippen molar-refractivity contribution in [2.24, 2.45) is 5.92 Å². The Morgan fingerprint density at radius 3 is 2.71 bits per heavy atom. The van der Waals surface area contributed by atoms with Crippen LogP contribution in [-0.4, -0.2) is 54.3 Å². The molecule has 0 spiro atoms. The zero-order valence-electron chi connectivity index (χ0n) is 16.1. The predicted octanol–water partition coefficient (Wildman–Crippen LogP) is 1.91. The van der Waals surface area contributed by atoms with E-state index in [1.807, 2.05) is 42.1 Å². The number of carbonyl (C=O) groups is 2. The number of ether oxygens (including phenoxy) is 1. The van der Waals surface area contributed by atoms with Gasteiger partial charge in [0.25, 0.3) is 5.91 Å². The number of thioether (sulfide) groups is 1. The molecule has 1 aromatic rings. The first-order valence-electron chi connectivity index (χ1n) is 10.3. The molecule has 1 saturated carbocycles. The Kier molecular flexibility index (Phi) is 6.54. The monoisotopic (exact) mass is 403 g/mol. The maximum absolute atomic E-state index is 12.6. The number of benzene rings is 1. The summed E-state index contributed by atoms with van der Waals surface area (Å²) < 4.78 is 5.42. The van der Waals surface area contributed by atoms with Crippen molar-refractivity contribution >= 4 is 23.6 Å². The molecular formula is C21H29N3O3S. The molecule has 2 saturated heterocycles. The van der Waals surface area contributed by atoms with Gasteiger partial charge in [0.2, 0.25) is 5.91 Å². The zero-order chi connectivity index (χ0) is 19.3. The van der Waals surface area contributed by atoms with Crippen molar-refractivity contribution in [1.82, 2.24) is 16.0 Å². The van der Waals surface area contributed by atoms with Gasteiger partial charge in [-0.25, -0.2) is 0 Å². The van der Waals surface area contributed by atoms with Gasteiger partial charge in [0.1, 0.15) is 0 Å². The summed E-state index contributed by atoms with van der Waals surface area (Å²) >= 11 is 1.93. The number of fused-ring (bicyclic) bond motifs is 1. The van der Waals surface area contributed by atoms with Gasteiger partial charge in [0.05, 0.1) is 12.1 Å². The van der Waals surface area contributed by atoms with E-state index in [2.05, 4.69) is 16.0 Å². The highest BCUT2D eigenvalue weighted by molar-refractivity contribution is 7.99. The number of hydrogen-bond donors (Lipinski definition) is 3. The van der Waals surface area contributed by atoms with Crippen LogP contribution in [0.15, 0.2) is 30.3 Å². The quantitative estimate of drug-likeness (QED) is 0.700. The van der Waals surface area contributed by atoms with Crippen LogP contribution in [0, 0.1) is 5.92 Å². The van der Waals surface area contributed by atoms with Crippen molar-refractivity contribution in [3.05, 3.63) is 35.9 Å². The van der Waals surface area contributed by atoms with Crippen molar-refractivity contribution in [3.63, 3.8) is 0 Å². The fraction of sp³-hybridized carbons (Fsp3) is 0.619. The molecule has 0 bridgehead atoms. The van der Waals surface area contributed by atoms with Gasteiger partial charge in [-0.05, 0) is 44.2 Å². The SMILES string of the molecule is O=C(NC1CCC2C(=O)NC(CSC3CCOCC3)NC2C1)c1ccccc1. The fourth-order valence-corrected chi connectivity index (χ4v) is 5.57. The Labute approximate surface area is 170 Å². The Hall–Kier alpha value is -1.57. The third-order valence-electron chi connectivity index (χ3n) is 5.96. The Bertz CT molecular complexity index is 681. The van der Waals surface area contributed by atoms with Gasteiger partial charge in [-0.2, -0.15) is 11.8 Å². The van der Waals surface area contributed by atoms with Crippen LogP contribution in [0.25, 0.3) is 0 Å². The molecule has 2 amide bonds. The lowest BCUT2D eigenvalue weighted by atomic mass is 9.79. The molecule has 4 rings (SSSR count). The largest absolute Gasteiger partial charge is 0.381 e. The highest BCUT2D eigenvalue weighted by Gasteiger charge is 2.40. The van der Waals surface area contributed by atoms with E-state index in [1.54, 1.807) is 0 Å². The molecule has 2 heterocycles. The van der Waals surface area contributed by atoms with Crippen molar-refractivity contribution in [1.29, 1.82) is 0 Å². The average Bonchev–Trinajstić information content (AvgIpc) is 2.73. The van der Waals surface area contributed by atoms with E-state index < -0.39 is 0 Å². The lowest BCUT2D eigenvalue weighted by Crippen LogP contribution is -2.65. The van der Waals surface area contributed by atoms with Crippen molar-refractivity contribution in [2.45, 2.75) is 55.6 Å². The minimum atomic E-state index is -0.0315. The molecule has 3 N–H and O–H groups in total. The van der Waals surface area contributed by atoms with Crippen LogP contribution in [0.2, 0.25) is 0 Å². The highest BCUT2D eigenvalue weighted by Crippen LogP contribution is 2.29. The van der Waals surface area contributed by atoms with Gasteiger partial charge in [-0.3, -0.25) is 14.9 Å². The maximum Gasteiger partial charge on any atom is 0.251 e. The zero-order valence-corrected chi connectivity index (χ0v) is 16.9. The molecule has 4 atom stereocenters. The van der Waals surface area contributed by atoms with Crippen molar-refractivity contribution < 1.29 is 14.3 Å². The van der Waals surface area contributed by atoms with Crippen molar-refractivity contribution in [2.75, 3.05) is 19.0 Å². The highest BCUT2D eigenvalue weighted by atomic mass is 32.2. The molecule has 1 aromatic carbocycles. The topological polar surface area (TPSA) is 79.5 Å². The minimum absolute atomic E-state index is 0.00479. The van der Waals surface area contributed by atoms with E-state index in [0.717, 1.165) is 51.1 Å². The molecule has 2 aliphatic heterocycles. The van der Waals surface area contributed by atoms with Gasteiger partial charge in [0, 0.05) is 41.9 Å². The van der Waals surface area contributed by atoms with Crippen LogP contribution in [0.5, 0.6) is 0 Å². The van der Waals surface area contributed by atoms with Crippen LogP contribution < -0.4 is 16.0 Å². The lowest BCUT2D eigenvalue weighted by molar-refractivity contribution is -0.130. The van der Waals surface area contributed by atoms with Crippen LogP contribution >= 0.6 is 11.8 Å². The number of amides is 2. The van der Waals surface area contributed by atoms with Crippen LogP contribution in [0.4, 0.5) is 0 Å². The third kappa shape index (κ3) is 4.88. The van der Waals surface area contributed by atoms with Crippen LogP contribution in [0.1, 0.15) is 42.5 Å². The van der Waals surface area contributed by atoms with E-state index >= 15 is 0 Å². The first-order chi connectivity index (χ1) is 13.7. The number of carbonyl (C=O) groups excluding carboxylic acids is 2. The Balaban J connectivity index is 1.29. The van der Waals surface area contributed by atoms with Gasteiger partial charge in [-0.1, -0.05) is 18.2 Å². The predicted molar refractivity (Wildman–Crippen MR) is 110 cm³/mol. The molecule has 6 nitrogen and oxygen atoms in total. The van der Waals surface area contributed by atoms with Crippen LogP contribution in [-0.2, 0) is 9.53 Å². The molecule has 0 radical (unpaired) electrons. The average molecular weight is 404 g/mol. The third-order valence-corrected chi connectivity index (χ3v) is 7.43. The molecule has 3 aliphatic rings. The summed E-state index contributed by atoms with van der Waals surface area (Å²) in [5.74, 6) is 1.01. The van der Waals surface area contributed by atoms with Gasteiger partial charge in [-0.15, -0.1) is 0 Å². The lowest BCUT2D eigenvalue weighted by Gasteiger charge is -2.43. The summed E-state index contributed by atoms with van der Waals surface area (Å²) in [5, 5.41) is 10.6. The smallest absolute Gasteiger partial charge is 0.251 e. The Morgan fingerprint density at radius 2 is 1.93 bits per heavy atom. The summed E-state index contributed by atoms with van der Waals surface area (Å²) in [7, 11) is 0. The van der Waals surface area contributed by atoms with Gasteiger partial charge < -0.3 is 15.4 Å². The molecule has 7 heteroatoms. The van der Waals surface area contributed by atoms with Gasteiger partial charge >= 0.3 is 0 Å². The van der Waals surface area contributed by atoms with Crippen molar-refractivity contribution in [3.8, 4) is 0 Å². The Morgan fingerprint density at radius 1 is 1.14 bits per heavy atom. The summed E-state index contributed by atoms with van der Waals surface area (Å²) in [6.07, 6.45) is 4.63.